The Kier molecular flexibility index (Phi) is 3.84. The number of Topliss-reactive ketones (excluding diaryl/α,β-unsaturated/α-hetero) is 1. The second-order valence-corrected chi connectivity index (χ2v) is 3.58. The first-order valence-electron chi connectivity index (χ1n) is 4.37. The zero-order chi connectivity index (χ0) is 10.6. The average molecular weight is 210 g/mol. The lowest BCUT2D eigenvalue weighted by atomic mass is 10.2. The van der Waals surface area contributed by atoms with Crippen LogP contribution in [-0.4, -0.2) is 11.5 Å². The van der Waals surface area contributed by atoms with Crippen LogP contribution in [0.15, 0.2) is 29.3 Å². The van der Waals surface area contributed by atoms with Gasteiger partial charge in [0.1, 0.15) is 5.78 Å². The molecule has 1 rings (SSSR count). The van der Waals surface area contributed by atoms with Crippen molar-refractivity contribution >= 4 is 28.8 Å². The monoisotopic (exact) mass is 209 g/mol. The summed E-state index contributed by atoms with van der Waals surface area (Å²) in [6.45, 7) is 3.37. The predicted molar refractivity (Wildman–Crippen MR) is 59.5 cm³/mol. The molecule has 0 fully saturated rings. The normalized spacial score (nSPS) is 11.5. The Balaban J connectivity index is 2.86. The Labute approximate surface area is 88.6 Å². The first-order valence-corrected chi connectivity index (χ1v) is 4.75. The molecular weight excluding hydrogens is 198 g/mol. The Hall–Kier alpha value is -1.15. The first kappa shape index (κ1) is 10.9. The van der Waals surface area contributed by atoms with Crippen molar-refractivity contribution in [2.24, 2.45) is 4.99 Å². The van der Waals surface area contributed by atoms with Crippen LogP contribution in [0, 0.1) is 0 Å². The molecule has 0 heterocycles. The molecule has 14 heavy (non-hydrogen) atoms. The highest BCUT2D eigenvalue weighted by atomic mass is 35.5. The number of para-hydroxylation sites is 1. The van der Waals surface area contributed by atoms with Gasteiger partial charge in [0.15, 0.2) is 0 Å². The first-order chi connectivity index (χ1) is 6.59. The molecule has 1 aromatic carbocycles. The molecule has 0 amide bonds. The average Bonchev–Trinajstić information content (AvgIpc) is 2.07. The van der Waals surface area contributed by atoms with Gasteiger partial charge in [0.05, 0.1) is 10.7 Å². The van der Waals surface area contributed by atoms with Crippen LogP contribution < -0.4 is 0 Å². The van der Waals surface area contributed by atoms with E-state index in [0.29, 0.717) is 17.1 Å². The van der Waals surface area contributed by atoms with Crippen molar-refractivity contribution in [2.75, 3.05) is 0 Å². The highest BCUT2D eigenvalue weighted by Crippen LogP contribution is 2.23. The van der Waals surface area contributed by atoms with E-state index in [2.05, 4.69) is 4.99 Å². The molecule has 0 saturated carbocycles. The van der Waals surface area contributed by atoms with E-state index in [1.165, 1.54) is 0 Å². The number of carbonyl (C=O) groups excluding carboxylic acids is 1. The summed E-state index contributed by atoms with van der Waals surface area (Å²) in [5.41, 5.74) is 1.50. The van der Waals surface area contributed by atoms with Gasteiger partial charge in [-0.05, 0) is 26.0 Å². The van der Waals surface area contributed by atoms with Gasteiger partial charge in [-0.25, -0.2) is 0 Å². The van der Waals surface area contributed by atoms with E-state index >= 15 is 0 Å². The fourth-order valence-corrected chi connectivity index (χ4v) is 1.33. The fraction of sp³-hybridized carbons (Fsp3) is 0.273. The SMILES string of the molecule is CC(=O)CC(C)=Nc1ccccc1Cl. The Morgan fingerprint density at radius 2 is 2.00 bits per heavy atom. The molecule has 3 heteroatoms. The van der Waals surface area contributed by atoms with Gasteiger partial charge in [0.25, 0.3) is 0 Å². The van der Waals surface area contributed by atoms with Crippen LogP contribution in [0.25, 0.3) is 0 Å². The van der Waals surface area contributed by atoms with Crippen LogP contribution in [0.5, 0.6) is 0 Å². The molecule has 0 N–H and O–H groups in total. The van der Waals surface area contributed by atoms with Crippen LogP contribution in [0.4, 0.5) is 5.69 Å². The molecule has 0 aliphatic rings. The summed E-state index contributed by atoms with van der Waals surface area (Å²) >= 11 is 5.91. The number of benzene rings is 1. The van der Waals surface area contributed by atoms with Crippen LogP contribution >= 0.6 is 11.6 Å². The lowest BCUT2D eigenvalue weighted by molar-refractivity contribution is -0.115. The zero-order valence-corrected chi connectivity index (χ0v) is 9.01. The van der Waals surface area contributed by atoms with E-state index in [1.807, 2.05) is 25.1 Å². The van der Waals surface area contributed by atoms with E-state index in [-0.39, 0.29) is 5.78 Å². The van der Waals surface area contributed by atoms with Crippen molar-refractivity contribution in [3.05, 3.63) is 29.3 Å². The number of nitrogens with zero attached hydrogens (tertiary/aromatic N) is 1. The summed E-state index contributed by atoms with van der Waals surface area (Å²) in [5, 5.41) is 0.607. The largest absolute Gasteiger partial charge is 0.300 e. The third-order valence-electron chi connectivity index (χ3n) is 1.67. The molecule has 0 spiro atoms. The number of hydrogen-bond donors (Lipinski definition) is 0. The smallest absolute Gasteiger partial charge is 0.135 e. The van der Waals surface area contributed by atoms with Crippen LogP contribution in [-0.2, 0) is 4.79 Å². The van der Waals surface area contributed by atoms with E-state index in [1.54, 1.807) is 13.0 Å². The second-order valence-electron chi connectivity index (χ2n) is 3.18. The summed E-state index contributed by atoms with van der Waals surface area (Å²) in [6, 6.07) is 7.32. The summed E-state index contributed by atoms with van der Waals surface area (Å²) < 4.78 is 0. The number of ketones is 1. The van der Waals surface area contributed by atoms with Gasteiger partial charge in [0.2, 0.25) is 0 Å². The van der Waals surface area contributed by atoms with Crippen molar-refractivity contribution in [3.63, 3.8) is 0 Å². The van der Waals surface area contributed by atoms with E-state index in [9.17, 15) is 4.79 Å². The van der Waals surface area contributed by atoms with E-state index in [0.717, 1.165) is 5.71 Å². The fourth-order valence-electron chi connectivity index (χ4n) is 1.15. The van der Waals surface area contributed by atoms with Gasteiger partial charge < -0.3 is 0 Å². The highest BCUT2D eigenvalue weighted by Gasteiger charge is 1.99. The quantitative estimate of drug-likeness (QED) is 0.702. The van der Waals surface area contributed by atoms with Crippen LogP contribution in [0.2, 0.25) is 5.02 Å². The molecule has 1 aromatic rings. The molecule has 74 valence electrons. The van der Waals surface area contributed by atoms with Crippen molar-refractivity contribution in [3.8, 4) is 0 Å². The van der Waals surface area contributed by atoms with Crippen molar-refractivity contribution < 1.29 is 4.79 Å². The molecule has 0 aromatic heterocycles. The third-order valence-corrected chi connectivity index (χ3v) is 1.99. The maximum Gasteiger partial charge on any atom is 0.135 e. The topological polar surface area (TPSA) is 29.4 Å². The number of carbonyl (C=O) groups is 1. The molecule has 0 saturated heterocycles. The minimum Gasteiger partial charge on any atom is -0.300 e. The molecule has 0 aliphatic heterocycles. The van der Waals surface area contributed by atoms with Gasteiger partial charge in [-0.3, -0.25) is 9.79 Å². The maximum absolute atomic E-state index is 10.8. The lowest BCUT2D eigenvalue weighted by Crippen LogP contribution is -1.98. The highest BCUT2D eigenvalue weighted by molar-refractivity contribution is 6.33. The third kappa shape index (κ3) is 3.30. The summed E-state index contributed by atoms with van der Waals surface area (Å²) in [4.78, 5) is 15.1. The molecular formula is C11H12ClNO. The lowest BCUT2D eigenvalue weighted by Gasteiger charge is -1.99. The number of hydrogen-bond acceptors (Lipinski definition) is 2. The van der Waals surface area contributed by atoms with Crippen LogP contribution in [0.3, 0.4) is 0 Å². The summed E-state index contributed by atoms with van der Waals surface area (Å²) in [6.07, 6.45) is 0.380. The van der Waals surface area contributed by atoms with Gasteiger partial charge in [-0.15, -0.1) is 0 Å². The molecule has 0 bridgehead atoms. The molecule has 0 unspecified atom stereocenters. The Morgan fingerprint density at radius 3 is 2.57 bits per heavy atom. The van der Waals surface area contributed by atoms with Gasteiger partial charge in [-0.2, -0.15) is 0 Å². The van der Waals surface area contributed by atoms with Gasteiger partial charge in [-0.1, -0.05) is 23.7 Å². The maximum atomic E-state index is 10.8. The van der Waals surface area contributed by atoms with Crippen LogP contribution in [0.1, 0.15) is 20.3 Å². The predicted octanol–water partition coefficient (Wildman–Crippen LogP) is 3.41. The minimum atomic E-state index is 0.110. The number of halogens is 1. The molecule has 0 atom stereocenters. The van der Waals surface area contributed by atoms with Gasteiger partial charge >= 0.3 is 0 Å². The Morgan fingerprint density at radius 1 is 1.36 bits per heavy atom. The van der Waals surface area contributed by atoms with Gasteiger partial charge in [0, 0.05) is 12.1 Å². The standard InChI is InChI=1S/C11H12ClNO/c1-8(7-9(2)14)13-11-6-4-3-5-10(11)12/h3-6H,7H2,1-2H3. The second kappa shape index (κ2) is 4.91. The zero-order valence-electron chi connectivity index (χ0n) is 8.25. The van der Waals surface area contributed by atoms with E-state index in [4.69, 9.17) is 11.6 Å². The minimum absolute atomic E-state index is 0.110. The number of rotatable bonds is 3. The van der Waals surface area contributed by atoms with E-state index < -0.39 is 0 Å². The van der Waals surface area contributed by atoms with Crippen molar-refractivity contribution in [1.82, 2.24) is 0 Å². The number of aliphatic imine (C=N–C) groups is 1. The summed E-state index contributed by atoms with van der Waals surface area (Å²) in [5.74, 6) is 0.110. The molecule has 0 aliphatic carbocycles. The Bertz CT molecular complexity index is 371. The summed E-state index contributed by atoms with van der Waals surface area (Å²) in [7, 11) is 0. The molecule has 2 nitrogen and oxygen atoms in total. The van der Waals surface area contributed by atoms with Crippen molar-refractivity contribution in [2.45, 2.75) is 20.3 Å². The van der Waals surface area contributed by atoms with Crippen molar-refractivity contribution in [1.29, 1.82) is 0 Å². The molecule has 0 radical (unpaired) electrons.